The Bertz CT molecular complexity index is 1100. The van der Waals surface area contributed by atoms with Crippen molar-refractivity contribution in [1.82, 2.24) is 0 Å². The van der Waals surface area contributed by atoms with Gasteiger partial charge in [-0.2, -0.15) is 0 Å². The average molecular weight is 497 g/mol. The molecule has 4 rings (SSSR count). The second-order valence-corrected chi connectivity index (χ2v) is 11.1. The van der Waals surface area contributed by atoms with Crippen LogP contribution in [0.4, 0.5) is 0 Å². The lowest BCUT2D eigenvalue weighted by Crippen LogP contribution is -2.13. The molecule has 0 saturated heterocycles. The van der Waals surface area contributed by atoms with Crippen molar-refractivity contribution in [3.8, 4) is 22.3 Å². The summed E-state index contributed by atoms with van der Waals surface area (Å²) in [6.07, 6.45) is 12.5. The van der Waals surface area contributed by atoms with Crippen LogP contribution in [0.25, 0.3) is 22.3 Å². The van der Waals surface area contributed by atoms with Crippen LogP contribution in [0.15, 0.2) is 72.8 Å². The van der Waals surface area contributed by atoms with E-state index in [1.165, 1.54) is 71.9 Å². The number of hydrogen-bond donors (Lipinski definition) is 1. The van der Waals surface area contributed by atoms with E-state index < -0.39 is 5.97 Å². The second-order valence-electron chi connectivity index (χ2n) is 11.1. The van der Waals surface area contributed by atoms with Gasteiger partial charge in [-0.1, -0.05) is 106 Å². The number of aliphatic carboxylic acids is 1. The summed E-state index contributed by atoms with van der Waals surface area (Å²) in [6, 6.07) is 26.9. The van der Waals surface area contributed by atoms with Gasteiger partial charge in [0, 0.05) is 0 Å². The van der Waals surface area contributed by atoms with Gasteiger partial charge < -0.3 is 5.11 Å². The van der Waals surface area contributed by atoms with Crippen LogP contribution in [0.1, 0.15) is 95.1 Å². The molecule has 2 heteroatoms. The number of carboxylic acids is 1. The van der Waals surface area contributed by atoms with Gasteiger partial charge in [-0.3, -0.25) is 4.79 Å². The highest BCUT2D eigenvalue weighted by molar-refractivity contribution is 5.83. The number of aryl methyl sites for hydroxylation is 1. The van der Waals surface area contributed by atoms with Gasteiger partial charge in [0.1, 0.15) is 0 Å². The van der Waals surface area contributed by atoms with Gasteiger partial charge in [0.2, 0.25) is 0 Å². The molecule has 37 heavy (non-hydrogen) atoms. The van der Waals surface area contributed by atoms with Crippen molar-refractivity contribution in [2.45, 2.75) is 90.4 Å². The van der Waals surface area contributed by atoms with Crippen molar-refractivity contribution in [3.63, 3.8) is 0 Å². The molecule has 3 aromatic rings. The molecule has 0 aliphatic heterocycles. The van der Waals surface area contributed by atoms with Crippen molar-refractivity contribution in [2.24, 2.45) is 11.8 Å². The fourth-order valence-electron chi connectivity index (χ4n) is 6.26. The van der Waals surface area contributed by atoms with Crippen LogP contribution in [-0.4, -0.2) is 11.1 Å². The normalized spacial score (nSPS) is 18.4. The SMILES string of the molecule is CCCC(CCCc1ccc(-c2ccccc2-c2ccc([C@H]3CC[C@H](CCC)CC3)cc2)cc1)C(=O)O. The third-order valence-electron chi connectivity index (χ3n) is 8.43. The van der Waals surface area contributed by atoms with Crippen LogP contribution >= 0.6 is 0 Å². The summed E-state index contributed by atoms with van der Waals surface area (Å²) in [5.74, 6) is 0.805. The molecule has 196 valence electrons. The van der Waals surface area contributed by atoms with Crippen molar-refractivity contribution < 1.29 is 9.90 Å². The molecular formula is C35H44O2. The molecule has 1 aliphatic rings. The highest BCUT2D eigenvalue weighted by Gasteiger charge is 2.22. The zero-order chi connectivity index (χ0) is 26.0. The molecular weight excluding hydrogens is 452 g/mol. The Labute approximate surface area is 224 Å². The highest BCUT2D eigenvalue weighted by Crippen LogP contribution is 2.39. The number of carbonyl (C=O) groups is 1. The molecule has 2 nitrogen and oxygen atoms in total. The Morgan fingerprint density at radius 3 is 1.92 bits per heavy atom. The van der Waals surface area contributed by atoms with E-state index in [9.17, 15) is 9.90 Å². The first-order valence-electron chi connectivity index (χ1n) is 14.6. The number of hydrogen-bond acceptors (Lipinski definition) is 1. The largest absolute Gasteiger partial charge is 0.481 e. The lowest BCUT2D eigenvalue weighted by molar-refractivity contribution is -0.142. The predicted octanol–water partition coefficient (Wildman–Crippen LogP) is 9.92. The Morgan fingerprint density at radius 2 is 1.38 bits per heavy atom. The van der Waals surface area contributed by atoms with E-state index >= 15 is 0 Å². The summed E-state index contributed by atoms with van der Waals surface area (Å²) in [5.41, 5.74) is 7.82. The molecule has 1 saturated carbocycles. The molecule has 1 fully saturated rings. The molecule has 1 aliphatic carbocycles. The maximum Gasteiger partial charge on any atom is 0.306 e. The van der Waals surface area contributed by atoms with Gasteiger partial charge in [0.15, 0.2) is 0 Å². The topological polar surface area (TPSA) is 37.3 Å². The van der Waals surface area contributed by atoms with Crippen molar-refractivity contribution in [3.05, 3.63) is 83.9 Å². The maximum atomic E-state index is 11.4. The van der Waals surface area contributed by atoms with E-state index in [-0.39, 0.29) is 5.92 Å². The molecule has 0 aromatic heterocycles. The molecule has 3 aromatic carbocycles. The minimum Gasteiger partial charge on any atom is -0.481 e. The molecule has 1 N–H and O–H groups in total. The van der Waals surface area contributed by atoms with Gasteiger partial charge in [-0.15, -0.1) is 0 Å². The van der Waals surface area contributed by atoms with Gasteiger partial charge in [0.05, 0.1) is 5.92 Å². The van der Waals surface area contributed by atoms with E-state index in [1.54, 1.807) is 0 Å². The Balaban J connectivity index is 1.41. The summed E-state index contributed by atoms with van der Waals surface area (Å²) in [6.45, 7) is 4.37. The van der Waals surface area contributed by atoms with E-state index in [2.05, 4.69) is 86.6 Å². The smallest absolute Gasteiger partial charge is 0.306 e. The van der Waals surface area contributed by atoms with E-state index in [0.29, 0.717) is 0 Å². The molecule has 0 radical (unpaired) electrons. The van der Waals surface area contributed by atoms with Gasteiger partial charge in [-0.05, 0) is 96.6 Å². The van der Waals surface area contributed by atoms with Gasteiger partial charge in [0.25, 0.3) is 0 Å². The Kier molecular flexibility index (Phi) is 9.99. The van der Waals surface area contributed by atoms with Crippen LogP contribution < -0.4 is 0 Å². The molecule has 0 heterocycles. The fraction of sp³-hybridized carbons (Fsp3) is 0.457. The van der Waals surface area contributed by atoms with Crippen molar-refractivity contribution in [1.29, 1.82) is 0 Å². The van der Waals surface area contributed by atoms with E-state index in [4.69, 9.17) is 0 Å². The highest BCUT2D eigenvalue weighted by atomic mass is 16.4. The zero-order valence-corrected chi connectivity index (χ0v) is 22.8. The van der Waals surface area contributed by atoms with E-state index in [1.807, 2.05) is 0 Å². The number of rotatable bonds is 12. The molecule has 1 unspecified atom stereocenters. The first kappa shape index (κ1) is 27.2. The first-order valence-corrected chi connectivity index (χ1v) is 14.6. The predicted molar refractivity (Wildman–Crippen MR) is 156 cm³/mol. The van der Waals surface area contributed by atoms with Gasteiger partial charge >= 0.3 is 5.97 Å². The summed E-state index contributed by atoms with van der Waals surface area (Å²) in [7, 11) is 0. The fourth-order valence-corrected chi connectivity index (χ4v) is 6.26. The third kappa shape index (κ3) is 7.34. The lowest BCUT2D eigenvalue weighted by atomic mass is 9.77. The minimum absolute atomic E-state index is 0.210. The van der Waals surface area contributed by atoms with Crippen molar-refractivity contribution in [2.75, 3.05) is 0 Å². The Hall–Kier alpha value is -2.87. The minimum atomic E-state index is -0.652. The number of benzene rings is 3. The van der Waals surface area contributed by atoms with E-state index in [0.717, 1.165) is 43.9 Å². The second kappa shape index (κ2) is 13.6. The number of carboxylic acid groups (broad SMARTS) is 1. The Morgan fingerprint density at radius 1 is 0.784 bits per heavy atom. The maximum absolute atomic E-state index is 11.4. The molecule has 0 bridgehead atoms. The quantitative estimate of drug-likeness (QED) is 0.271. The first-order chi connectivity index (χ1) is 18.1. The standard InChI is InChI=1S/C35H44O2/c1-3-8-26-14-18-28(19-15-26)29-22-24-31(25-23-29)34-13-6-5-12-33(34)30-20-16-27(17-21-30)10-7-11-32(9-4-2)35(36)37/h5-6,12-13,16-17,20-26,28,32H,3-4,7-11,14-15,18-19H2,1-2H3,(H,36,37)/t26-,28-,32?. The molecule has 0 amide bonds. The van der Waals surface area contributed by atoms with Crippen LogP contribution in [0.5, 0.6) is 0 Å². The summed E-state index contributed by atoms with van der Waals surface area (Å²) < 4.78 is 0. The summed E-state index contributed by atoms with van der Waals surface area (Å²) in [4.78, 5) is 11.4. The molecule has 1 atom stereocenters. The van der Waals surface area contributed by atoms with Crippen LogP contribution in [-0.2, 0) is 11.2 Å². The lowest BCUT2D eigenvalue weighted by Gasteiger charge is -2.28. The van der Waals surface area contributed by atoms with Crippen molar-refractivity contribution >= 4 is 5.97 Å². The monoisotopic (exact) mass is 496 g/mol. The van der Waals surface area contributed by atoms with Crippen LogP contribution in [0, 0.1) is 11.8 Å². The zero-order valence-electron chi connectivity index (χ0n) is 22.8. The summed E-state index contributed by atoms with van der Waals surface area (Å²) >= 11 is 0. The van der Waals surface area contributed by atoms with Gasteiger partial charge in [-0.25, -0.2) is 0 Å². The molecule has 0 spiro atoms. The van der Waals surface area contributed by atoms with Crippen LogP contribution in [0.2, 0.25) is 0 Å². The average Bonchev–Trinajstić information content (AvgIpc) is 2.94. The summed E-state index contributed by atoms with van der Waals surface area (Å²) in [5, 5.41) is 9.39. The third-order valence-corrected chi connectivity index (χ3v) is 8.43. The van der Waals surface area contributed by atoms with Crippen LogP contribution in [0.3, 0.4) is 0 Å².